The first-order valence-electron chi connectivity index (χ1n) is 7.40. The first-order chi connectivity index (χ1) is 11.0. The monoisotopic (exact) mass is 322 g/mol. The second kappa shape index (κ2) is 6.45. The fraction of sp³-hybridized carbons (Fsp3) is 0.375. The van der Waals surface area contributed by atoms with Crippen LogP contribution < -0.4 is 0 Å². The molecule has 1 unspecified atom stereocenters. The van der Waals surface area contributed by atoms with Crippen LogP contribution in [-0.4, -0.2) is 27.5 Å². The summed E-state index contributed by atoms with van der Waals surface area (Å²) in [5.41, 5.74) is 0.304. The summed E-state index contributed by atoms with van der Waals surface area (Å²) in [5, 5.41) is 12.9. The SMILES string of the molecule is O=C(O)Cc1cc(F)c(-c2cnn(C3CCCCO3)c2)cc1F. The van der Waals surface area contributed by atoms with Gasteiger partial charge >= 0.3 is 5.97 Å². The van der Waals surface area contributed by atoms with E-state index in [1.165, 1.54) is 6.20 Å². The van der Waals surface area contributed by atoms with E-state index in [1.54, 1.807) is 10.9 Å². The van der Waals surface area contributed by atoms with Gasteiger partial charge in [-0.1, -0.05) is 0 Å². The lowest BCUT2D eigenvalue weighted by Gasteiger charge is -2.22. The molecule has 1 atom stereocenters. The third-order valence-corrected chi connectivity index (χ3v) is 3.84. The fourth-order valence-corrected chi connectivity index (χ4v) is 2.67. The summed E-state index contributed by atoms with van der Waals surface area (Å²) in [6.07, 6.45) is 5.20. The van der Waals surface area contributed by atoms with Crippen molar-refractivity contribution >= 4 is 5.97 Å². The highest BCUT2D eigenvalue weighted by molar-refractivity contribution is 5.71. The lowest BCUT2D eigenvalue weighted by Crippen LogP contribution is -2.18. The number of aliphatic carboxylic acids is 1. The predicted molar refractivity (Wildman–Crippen MR) is 77.8 cm³/mol. The minimum Gasteiger partial charge on any atom is -0.481 e. The number of hydrogen-bond acceptors (Lipinski definition) is 3. The molecule has 1 fully saturated rings. The van der Waals surface area contributed by atoms with Crippen LogP contribution in [0.25, 0.3) is 11.1 Å². The van der Waals surface area contributed by atoms with Gasteiger partial charge in [-0.3, -0.25) is 4.79 Å². The van der Waals surface area contributed by atoms with E-state index in [0.29, 0.717) is 12.2 Å². The molecule has 3 rings (SSSR count). The van der Waals surface area contributed by atoms with Crippen molar-refractivity contribution in [2.24, 2.45) is 0 Å². The molecular weight excluding hydrogens is 306 g/mol. The minimum atomic E-state index is -1.21. The van der Waals surface area contributed by atoms with Crippen LogP contribution in [0.5, 0.6) is 0 Å². The number of nitrogens with zero attached hydrogens (tertiary/aromatic N) is 2. The quantitative estimate of drug-likeness (QED) is 0.939. The number of benzene rings is 1. The van der Waals surface area contributed by atoms with E-state index >= 15 is 0 Å². The van der Waals surface area contributed by atoms with E-state index < -0.39 is 24.0 Å². The minimum absolute atomic E-state index is 0.0544. The second-order valence-corrected chi connectivity index (χ2v) is 5.52. The highest BCUT2D eigenvalue weighted by Crippen LogP contribution is 2.28. The highest BCUT2D eigenvalue weighted by Gasteiger charge is 2.19. The van der Waals surface area contributed by atoms with E-state index in [0.717, 1.165) is 31.4 Å². The van der Waals surface area contributed by atoms with E-state index in [-0.39, 0.29) is 17.4 Å². The van der Waals surface area contributed by atoms with Crippen molar-refractivity contribution in [2.75, 3.05) is 6.61 Å². The normalized spacial score (nSPS) is 18.1. The number of carbonyl (C=O) groups is 1. The van der Waals surface area contributed by atoms with Gasteiger partial charge in [0, 0.05) is 29.5 Å². The average molecular weight is 322 g/mol. The summed E-state index contributed by atoms with van der Waals surface area (Å²) >= 11 is 0. The molecule has 0 bridgehead atoms. The molecule has 0 spiro atoms. The maximum atomic E-state index is 14.2. The first kappa shape index (κ1) is 15.6. The van der Waals surface area contributed by atoms with Crippen molar-refractivity contribution in [1.29, 1.82) is 0 Å². The Hall–Kier alpha value is -2.28. The molecule has 7 heteroatoms. The number of carboxylic acid groups (broad SMARTS) is 1. The Morgan fingerprint density at radius 3 is 2.87 bits per heavy atom. The van der Waals surface area contributed by atoms with Crippen molar-refractivity contribution < 1.29 is 23.4 Å². The maximum absolute atomic E-state index is 14.2. The molecular formula is C16H16F2N2O3. The molecule has 5 nitrogen and oxygen atoms in total. The summed E-state index contributed by atoms with van der Waals surface area (Å²) in [6.45, 7) is 0.659. The Balaban J connectivity index is 1.88. The molecule has 1 aromatic heterocycles. The third kappa shape index (κ3) is 3.39. The lowest BCUT2D eigenvalue weighted by atomic mass is 10.0. The predicted octanol–water partition coefficient (Wildman–Crippen LogP) is 3.15. The molecule has 1 aromatic carbocycles. The number of carboxylic acids is 1. The van der Waals surface area contributed by atoms with Gasteiger partial charge in [-0.2, -0.15) is 5.10 Å². The zero-order valence-corrected chi connectivity index (χ0v) is 12.3. The standard InChI is InChI=1S/C16H16F2N2O3/c17-13-7-12(14(18)5-10(13)6-16(21)22)11-8-19-20(9-11)15-3-1-2-4-23-15/h5,7-9,15H,1-4,6H2,(H,21,22). The Kier molecular flexibility index (Phi) is 4.38. The van der Waals surface area contributed by atoms with E-state index in [2.05, 4.69) is 5.10 Å². The third-order valence-electron chi connectivity index (χ3n) is 3.84. The molecule has 122 valence electrons. The van der Waals surface area contributed by atoms with Crippen molar-refractivity contribution in [1.82, 2.24) is 9.78 Å². The average Bonchev–Trinajstić information content (AvgIpc) is 3.00. The number of halogens is 2. The Morgan fingerprint density at radius 2 is 2.17 bits per heavy atom. The Labute approximate surface area is 131 Å². The molecule has 0 radical (unpaired) electrons. The smallest absolute Gasteiger partial charge is 0.307 e. The van der Waals surface area contributed by atoms with E-state index in [1.807, 2.05) is 0 Å². The molecule has 1 saturated heterocycles. The number of aromatic nitrogens is 2. The highest BCUT2D eigenvalue weighted by atomic mass is 19.1. The van der Waals surface area contributed by atoms with Gasteiger partial charge in [-0.15, -0.1) is 0 Å². The van der Waals surface area contributed by atoms with Crippen LogP contribution >= 0.6 is 0 Å². The zero-order valence-electron chi connectivity index (χ0n) is 12.3. The molecule has 2 aromatic rings. The van der Waals surface area contributed by atoms with E-state index in [9.17, 15) is 13.6 Å². The summed E-state index contributed by atoms with van der Waals surface area (Å²) in [5.74, 6) is -2.63. The lowest BCUT2D eigenvalue weighted by molar-refractivity contribution is -0.136. The number of hydrogen-bond donors (Lipinski definition) is 1. The van der Waals surface area contributed by atoms with Crippen molar-refractivity contribution in [2.45, 2.75) is 31.9 Å². The van der Waals surface area contributed by atoms with Crippen molar-refractivity contribution in [3.8, 4) is 11.1 Å². The molecule has 0 amide bonds. The van der Waals surface area contributed by atoms with Crippen LogP contribution in [0.15, 0.2) is 24.5 Å². The summed E-state index contributed by atoms with van der Waals surface area (Å²) in [4.78, 5) is 10.6. The molecule has 1 aliphatic rings. The first-order valence-corrected chi connectivity index (χ1v) is 7.40. The molecule has 23 heavy (non-hydrogen) atoms. The van der Waals surface area contributed by atoms with E-state index in [4.69, 9.17) is 9.84 Å². The van der Waals surface area contributed by atoms with Gasteiger partial charge in [0.15, 0.2) is 0 Å². The van der Waals surface area contributed by atoms with Gasteiger partial charge in [-0.05, 0) is 31.4 Å². The topological polar surface area (TPSA) is 64.3 Å². The molecule has 0 saturated carbocycles. The number of rotatable bonds is 4. The summed E-state index contributed by atoms with van der Waals surface area (Å²) < 4.78 is 35.4. The van der Waals surface area contributed by atoms with Crippen LogP contribution in [0.2, 0.25) is 0 Å². The molecule has 2 heterocycles. The molecule has 0 aliphatic carbocycles. The van der Waals surface area contributed by atoms with Gasteiger partial charge in [0.1, 0.15) is 17.9 Å². The summed E-state index contributed by atoms with van der Waals surface area (Å²) in [7, 11) is 0. The van der Waals surface area contributed by atoms with Crippen LogP contribution in [0.1, 0.15) is 31.1 Å². The Morgan fingerprint density at radius 1 is 1.35 bits per heavy atom. The fourth-order valence-electron chi connectivity index (χ4n) is 2.67. The van der Waals surface area contributed by atoms with Crippen molar-refractivity contribution in [3.05, 3.63) is 41.7 Å². The number of ether oxygens (including phenoxy) is 1. The molecule has 1 aliphatic heterocycles. The second-order valence-electron chi connectivity index (χ2n) is 5.52. The zero-order chi connectivity index (χ0) is 16.4. The van der Waals surface area contributed by atoms with Gasteiger partial charge in [0.2, 0.25) is 0 Å². The van der Waals surface area contributed by atoms with Gasteiger partial charge < -0.3 is 9.84 Å². The van der Waals surface area contributed by atoms with Gasteiger partial charge in [0.05, 0.1) is 12.6 Å². The molecule has 1 N–H and O–H groups in total. The maximum Gasteiger partial charge on any atom is 0.307 e. The van der Waals surface area contributed by atoms with Crippen LogP contribution in [0.3, 0.4) is 0 Å². The van der Waals surface area contributed by atoms with Crippen LogP contribution in [0.4, 0.5) is 8.78 Å². The van der Waals surface area contributed by atoms with Gasteiger partial charge in [0.25, 0.3) is 0 Å². The van der Waals surface area contributed by atoms with Gasteiger partial charge in [-0.25, -0.2) is 13.5 Å². The van der Waals surface area contributed by atoms with Crippen molar-refractivity contribution in [3.63, 3.8) is 0 Å². The van der Waals surface area contributed by atoms with Crippen LogP contribution in [-0.2, 0) is 16.0 Å². The van der Waals surface area contributed by atoms with Crippen LogP contribution in [0, 0.1) is 11.6 Å². The largest absolute Gasteiger partial charge is 0.481 e. The Bertz CT molecular complexity index is 724. The summed E-state index contributed by atoms with van der Waals surface area (Å²) in [6, 6.07) is 1.93.